The van der Waals surface area contributed by atoms with Crippen molar-refractivity contribution < 1.29 is 23.5 Å². The van der Waals surface area contributed by atoms with E-state index in [0.29, 0.717) is 11.1 Å². The quantitative estimate of drug-likeness (QED) is 0.428. The topological polar surface area (TPSA) is 136 Å². The van der Waals surface area contributed by atoms with Crippen molar-refractivity contribution >= 4 is 28.8 Å². The maximum absolute atomic E-state index is 12.6. The van der Waals surface area contributed by atoms with Crippen LogP contribution in [-0.2, 0) is 33.6 Å². The zero-order valence-corrected chi connectivity index (χ0v) is 19.0. The Balaban J connectivity index is 1.53. The summed E-state index contributed by atoms with van der Waals surface area (Å²) in [6.07, 6.45) is 1.44. The van der Waals surface area contributed by atoms with Crippen LogP contribution in [0.5, 0.6) is 5.75 Å². The molecule has 10 nitrogen and oxygen atoms in total. The Morgan fingerprint density at radius 1 is 1.27 bits per heavy atom. The van der Waals surface area contributed by atoms with E-state index in [2.05, 4.69) is 20.5 Å². The van der Waals surface area contributed by atoms with Gasteiger partial charge in [-0.25, -0.2) is 4.79 Å². The first kappa shape index (κ1) is 22.5. The third-order valence-electron chi connectivity index (χ3n) is 5.59. The average Bonchev–Trinajstić information content (AvgIpc) is 3.16. The van der Waals surface area contributed by atoms with E-state index in [0.717, 1.165) is 29.5 Å². The molecule has 1 aliphatic rings. The van der Waals surface area contributed by atoms with Gasteiger partial charge in [0.15, 0.2) is 0 Å². The van der Waals surface area contributed by atoms with E-state index in [9.17, 15) is 14.4 Å². The van der Waals surface area contributed by atoms with Gasteiger partial charge >= 0.3 is 11.6 Å². The van der Waals surface area contributed by atoms with Gasteiger partial charge in [-0.15, -0.1) is 5.10 Å². The number of hydrogen-bond donors (Lipinski definition) is 2. The fraction of sp³-hybridized carbons (Fsp3) is 0.435. The van der Waals surface area contributed by atoms with Crippen molar-refractivity contribution in [2.45, 2.75) is 59.0 Å². The molecule has 1 amide bonds. The van der Waals surface area contributed by atoms with Crippen molar-refractivity contribution in [3.8, 4) is 5.75 Å². The summed E-state index contributed by atoms with van der Waals surface area (Å²) in [5.74, 6) is 0.0628. The molecule has 0 aliphatic carbocycles. The number of rotatable bonds is 6. The predicted octanol–water partition coefficient (Wildman–Crippen LogP) is 2.61. The van der Waals surface area contributed by atoms with Gasteiger partial charge in [0.2, 0.25) is 11.9 Å². The lowest BCUT2D eigenvalue weighted by molar-refractivity contribution is -0.142. The molecule has 0 radical (unpaired) electrons. The minimum absolute atomic E-state index is 0.0101. The summed E-state index contributed by atoms with van der Waals surface area (Å²) in [6.45, 7) is 7.82. The highest BCUT2D eigenvalue weighted by atomic mass is 16.5. The number of H-pyrrole nitrogens is 1. The number of carbonyl (C=O) groups excluding carboxylic acids is 2. The largest absolute Gasteiger partial charge is 0.487 e. The van der Waals surface area contributed by atoms with Crippen LogP contribution in [-0.4, -0.2) is 39.3 Å². The van der Waals surface area contributed by atoms with Gasteiger partial charge in [-0.05, 0) is 57.7 Å². The van der Waals surface area contributed by atoms with E-state index in [1.807, 2.05) is 19.9 Å². The summed E-state index contributed by atoms with van der Waals surface area (Å²) >= 11 is 0. The average molecular weight is 454 g/mol. The Morgan fingerprint density at radius 3 is 2.82 bits per heavy atom. The molecule has 1 aliphatic heterocycles. The number of aryl methyl sites for hydroxylation is 2. The molecule has 0 fully saturated rings. The molecule has 0 atom stereocenters. The third-order valence-corrected chi connectivity index (χ3v) is 5.59. The van der Waals surface area contributed by atoms with Crippen molar-refractivity contribution in [3.63, 3.8) is 0 Å². The lowest BCUT2D eigenvalue weighted by atomic mass is 9.92. The van der Waals surface area contributed by atoms with Crippen LogP contribution >= 0.6 is 0 Å². The van der Waals surface area contributed by atoms with Gasteiger partial charge in [0.1, 0.15) is 29.2 Å². The van der Waals surface area contributed by atoms with Crippen molar-refractivity contribution in [3.05, 3.63) is 45.1 Å². The highest BCUT2D eigenvalue weighted by molar-refractivity contribution is 5.92. The van der Waals surface area contributed by atoms with Crippen LogP contribution in [0.3, 0.4) is 0 Å². The molecule has 0 spiro atoms. The maximum atomic E-state index is 12.6. The Bertz CT molecular complexity index is 1290. The van der Waals surface area contributed by atoms with Crippen molar-refractivity contribution in [2.75, 3.05) is 11.9 Å². The van der Waals surface area contributed by atoms with Crippen molar-refractivity contribution in [1.29, 1.82) is 0 Å². The molecule has 3 aromatic rings. The minimum atomic E-state index is -0.580. The van der Waals surface area contributed by atoms with Gasteiger partial charge in [-0.3, -0.25) is 20.0 Å². The smallest absolute Gasteiger partial charge is 0.340 e. The number of carbonyl (C=O) groups is 2. The van der Waals surface area contributed by atoms with Crippen LogP contribution in [0.4, 0.5) is 5.95 Å². The number of fused-ring (bicyclic) bond motifs is 2. The van der Waals surface area contributed by atoms with Gasteiger partial charge in [-0.1, -0.05) is 0 Å². The van der Waals surface area contributed by atoms with E-state index in [1.54, 1.807) is 19.9 Å². The number of aromatic amines is 1. The number of nitrogens with one attached hydrogen (secondary N) is 2. The minimum Gasteiger partial charge on any atom is -0.487 e. The summed E-state index contributed by atoms with van der Waals surface area (Å²) in [7, 11) is 0. The van der Waals surface area contributed by atoms with Crippen molar-refractivity contribution in [1.82, 2.24) is 15.2 Å². The number of nitrogens with zero attached hydrogens (tertiary/aromatic N) is 2. The lowest BCUT2D eigenvalue weighted by Gasteiger charge is -2.32. The normalized spacial score (nSPS) is 14.4. The zero-order chi connectivity index (χ0) is 23.8. The molecule has 3 heterocycles. The molecule has 174 valence electrons. The molecule has 0 saturated carbocycles. The van der Waals surface area contributed by atoms with Crippen LogP contribution < -0.4 is 15.7 Å². The summed E-state index contributed by atoms with van der Waals surface area (Å²) < 4.78 is 16.4. The molecule has 0 bridgehead atoms. The Morgan fingerprint density at radius 2 is 2.06 bits per heavy atom. The Labute approximate surface area is 189 Å². The summed E-state index contributed by atoms with van der Waals surface area (Å²) in [5, 5.41) is 9.76. The van der Waals surface area contributed by atoms with Gasteiger partial charge < -0.3 is 13.9 Å². The molecule has 1 aromatic carbocycles. The fourth-order valence-corrected chi connectivity index (χ4v) is 3.85. The number of hydrogen-bond acceptors (Lipinski definition) is 8. The maximum Gasteiger partial charge on any atom is 0.340 e. The lowest BCUT2D eigenvalue weighted by Crippen LogP contribution is -2.32. The number of esters is 1. The van der Waals surface area contributed by atoms with Gasteiger partial charge in [-0.2, -0.15) is 4.98 Å². The molecule has 2 N–H and O–H groups in total. The molecule has 0 saturated heterocycles. The fourth-order valence-electron chi connectivity index (χ4n) is 3.85. The second kappa shape index (κ2) is 8.68. The number of anilines is 1. The highest BCUT2D eigenvalue weighted by Gasteiger charge is 2.28. The van der Waals surface area contributed by atoms with Gasteiger partial charge in [0.05, 0.1) is 18.6 Å². The predicted molar refractivity (Wildman–Crippen MR) is 119 cm³/mol. The van der Waals surface area contributed by atoms with Crippen LogP contribution in [0.15, 0.2) is 21.3 Å². The first-order valence-corrected chi connectivity index (χ1v) is 10.8. The van der Waals surface area contributed by atoms with Gasteiger partial charge in [0, 0.05) is 11.5 Å². The van der Waals surface area contributed by atoms with Crippen LogP contribution in [0, 0.1) is 6.92 Å². The highest BCUT2D eigenvalue weighted by Crippen LogP contribution is 2.36. The molecular weight excluding hydrogens is 428 g/mol. The second-order valence-corrected chi connectivity index (χ2v) is 8.62. The van der Waals surface area contributed by atoms with Gasteiger partial charge in [0.25, 0.3) is 0 Å². The molecule has 0 unspecified atom stereocenters. The van der Waals surface area contributed by atoms with E-state index in [4.69, 9.17) is 13.9 Å². The molecule has 2 aromatic heterocycles. The monoisotopic (exact) mass is 454 g/mol. The van der Waals surface area contributed by atoms with E-state index < -0.39 is 17.5 Å². The summed E-state index contributed by atoms with van der Waals surface area (Å²) in [4.78, 5) is 40.8. The van der Waals surface area contributed by atoms with Crippen LogP contribution in [0.2, 0.25) is 0 Å². The number of amides is 1. The molecule has 33 heavy (non-hydrogen) atoms. The third kappa shape index (κ3) is 4.89. The zero-order valence-electron chi connectivity index (χ0n) is 19.0. The van der Waals surface area contributed by atoms with Crippen LogP contribution in [0.1, 0.15) is 49.7 Å². The molecular formula is C23H26N4O6. The van der Waals surface area contributed by atoms with E-state index in [-0.39, 0.29) is 42.4 Å². The first-order valence-electron chi connectivity index (χ1n) is 10.8. The Kier molecular flexibility index (Phi) is 5.92. The van der Waals surface area contributed by atoms with Crippen LogP contribution in [0.25, 0.3) is 11.0 Å². The first-order chi connectivity index (χ1) is 15.6. The SMILES string of the molecule is CCOC(=O)Cc1nc(NC(=O)Cc2c(C)c3cc4c(cc3oc2=O)OC(C)(C)CC4)n[nH]1. The standard InChI is InChI=1S/C23H26N4O6/c1-5-31-20(29)11-18-24-22(27-26-18)25-19(28)9-15-12(2)14-8-13-6-7-23(3,4)33-16(13)10-17(14)32-21(15)30/h8,10H,5-7,9,11H2,1-4H3,(H2,24,25,26,27,28). The van der Waals surface area contributed by atoms with E-state index >= 15 is 0 Å². The number of benzene rings is 1. The number of aromatic nitrogens is 3. The van der Waals surface area contributed by atoms with E-state index in [1.165, 1.54) is 0 Å². The number of ether oxygens (including phenoxy) is 2. The second-order valence-electron chi connectivity index (χ2n) is 8.62. The molecule has 10 heteroatoms. The molecule has 4 rings (SSSR count). The summed E-state index contributed by atoms with van der Waals surface area (Å²) in [5.41, 5.74) is 1.56. The van der Waals surface area contributed by atoms with Crippen molar-refractivity contribution in [2.24, 2.45) is 0 Å². The summed E-state index contributed by atoms with van der Waals surface area (Å²) in [6, 6.07) is 3.72. The Hall–Kier alpha value is -3.69.